The van der Waals surface area contributed by atoms with Gasteiger partial charge in [0.15, 0.2) is 0 Å². The first-order chi connectivity index (χ1) is 38.7. The smallest absolute Gasteiger partial charge is 0.345 e. The van der Waals surface area contributed by atoms with Crippen LogP contribution in [0.25, 0.3) is 22.6 Å². The minimum atomic E-state index is -1.32. The van der Waals surface area contributed by atoms with E-state index in [1.165, 1.54) is 13.8 Å². The Kier molecular flexibility index (Phi) is 16.6. The van der Waals surface area contributed by atoms with Crippen LogP contribution in [-0.4, -0.2) is 79.8 Å². The number of aliphatic hydroxyl groups excluding tert-OH is 3. The molecule has 4 fully saturated rings. The first-order valence-electron chi connectivity index (χ1n) is 28.3. The second-order valence-electron chi connectivity index (χ2n) is 25.4. The normalized spacial score (nSPS) is 35.2. The average molecular weight is 1250 g/mol. The summed E-state index contributed by atoms with van der Waals surface area (Å²) in [5, 5.41) is 45.3. The van der Waals surface area contributed by atoms with Crippen molar-refractivity contribution in [2.24, 2.45) is 57.2 Å². The molecule has 2 aliphatic heterocycles. The van der Waals surface area contributed by atoms with E-state index in [9.17, 15) is 44.6 Å². The molecule has 4 aliphatic carbocycles. The number of pyridine rings is 2. The molecule has 4 aromatic heterocycles. The van der Waals surface area contributed by atoms with E-state index >= 15 is 0 Å². The van der Waals surface area contributed by atoms with Crippen LogP contribution in [0.2, 0.25) is 0 Å². The molecule has 16 atom stereocenters. The van der Waals surface area contributed by atoms with Gasteiger partial charge in [-0.15, -0.1) is 24.0 Å². The third-order valence-electron chi connectivity index (χ3n) is 20.9. The number of carbonyl (C=O) groups is 3. The standard InChI is InChI=1S/C36H38N2O8.C28H35NO7.HI/c1-20-12-13-34(3)27(35(20,4)19-43-21(2)39)16-28(45-32(41)24-11-7-6-9-22(24)17-37)36(5)31(34)30(40)29-26(46-36)15-25(44-33(29)42)23-10-8-14-38-18-23;1-15-8-9-26(3)20(27(15,4)14-34-16(2)30)12-21(31)28(5)24(26)23(32)22-19(36-28)11-18(35-25(22)33)17-7-6-10-29-13-17;/h6-11,14-15,18,20,27-28,30-31,40H,12-13,16,19H2,1-5H3;6-7,10-11,13,15,20-21,23-24,31-32H,8-9,12,14H2,1-5H3;1H/t20-,27?,28-,30-,31?,34-,35-,36+;15-,20?,21-,23-,24?,26-,27-,28+;/m00./s1. The largest absolute Gasteiger partial charge is 0.484 e. The van der Waals surface area contributed by atoms with Gasteiger partial charge in [0, 0.05) is 84.6 Å². The molecule has 83 heavy (non-hydrogen) atoms. The van der Waals surface area contributed by atoms with Crippen molar-refractivity contribution in [3.63, 3.8) is 0 Å². The Bertz CT molecular complexity index is 3460. The maximum Gasteiger partial charge on any atom is 0.345 e. The molecule has 4 saturated carbocycles. The molecule has 0 saturated heterocycles. The molecule has 1 aromatic carbocycles. The van der Waals surface area contributed by atoms with Gasteiger partial charge in [-0.3, -0.25) is 19.6 Å². The van der Waals surface area contributed by atoms with Crippen LogP contribution in [0.3, 0.4) is 0 Å². The Labute approximate surface area is 499 Å². The van der Waals surface area contributed by atoms with Gasteiger partial charge in [0.1, 0.15) is 57.5 Å². The highest BCUT2D eigenvalue weighted by atomic mass is 127. The quantitative estimate of drug-likeness (QED) is 0.0740. The van der Waals surface area contributed by atoms with Crippen LogP contribution in [0.5, 0.6) is 11.5 Å². The van der Waals surface area contributed by atoms with E-state index in [1.807, 2.05) is 13.8 Å². The molecule has 442 valence electrons. The number of nitrogens with zero attached hydrogens (tertiary/aromatic N) is 3. The Morgan fingerprint density at radius 3 is 1.59 bits per heavy atom. The lowest BCUT2D eigenvalue weighted by atomic mass is 9.41. The SMILES string of the molecule is CC(=O)OC[C@]1(C)C2C[C@H](O)[C@@]3(C)Oc4cc(-c5cccnc5)oc(=O)c4[C@H](O)C3[C@@]2(C)CC[C@@H]1C.CC(=O)OC[C@]1(C)C2C[C@H](OC(=O)c3ccccc3C#N)[C@@]3(C)Oc4cc(-c5cccnc5)oc(=O)c4[C@H](O)C3[C@@]2(C)CC[C@@H]1C.I. The minimum Gasteiger partial charge on any atom is -0.484 e. The highest BCUT2D eigenvalue weighted by Gasteiger charge is 2.71. The van der Waals surface area contributed by atoms with E-state index in [2.05, 4.69) is 57.6 Å². The predicted molar refractivity (Wildman–Crippen MR) is 312 cm³/mol. The lowest BCUT2D eigenvalue weighted by Crippen LogP contribution is -2.70. The zero-order chi connectivity index (χ0) is 59.1. The molecule has 3 N–H and O–H groups in total. The minimum absolute atomic E-state index is 0. The molecule has 11 rings (SSSR count). The number of halogens is 1. The molecular weight excluding hydrogens is 1180 g/mol. The van der Waals surface area contributed by atoms with Crippen molar-refractivity contribution in [1.82, 2.24) is 9.97 Å². The molecule has 18 nitrogen and oxygen atoms in total. The summed E-state index contributed by atoms with van der Waals surface area (Å²) in [6.45, 7) is 19.5. The van der Waals surface area contributed by atoms with Crippen LogP contribution < -0.4 is 20.7 Å². The number of hydrogen-bond acceptors (Lipinski definition) is 18. The highest BCUT2D eigenvalue weighted by molar-refractivity contribution is 14.0. The fourth-order valence-corrected chi connectivity index (χ4v) is 16.2. The van der Waals surface area contributed by atoms with Crippen molar-refractivity contribution in [2.75, 3.05) is 13.2 Å². The van der Waals surface area contributed by atoms with E-state index in [0.29, 0.717) is 30.4 Å². The third kappa shape index (κ3) is 10.2. The van der Waals surface area contributed by atoms with Crippen LogP contribution in [0.4, 0.5) is 0 Å². The number of fused-ring (bicyclic) bond motifs is 8. The van der Waals surface area contributed by atoms with E-state index in [0.717, 1.165) is 19.3 Å². The first-order valence-corrected chi connectivity index (χ1v) is 28.3. The second-order valence-corrected chi connectivity index (χ2v) is 25.4. The van der Waals surface area contributed by atoms with Crippen molar-refractivity contribution in [3.05, 3.63) is 129 Å². The second kappa shape index (κ2) is 22.5. The van der Waals surface area contributed by atoms with Gasteiger partial charge in [-0.05, 0) is 123 Å². The molecule has 19 heteroatoms. The van der Waals surface area contributed by atoms with Gasteiger partial charge in [0.05, 0.1) is 42.7 Å². The maximum absolute atomic E-state index is 13.8. The fourth-order valence-electron chi connectivity index (χ4n) is 16.2. The predicted octanol–water partition coefficient (Wildman–Crippen LogP) is 10.1. The zero-order valence-electron chi connectivity index (χ0n) is 48.5. The number of aromatic nitrogens is 2. The molecule has 0 spiro atoms. The van der Waals surface area contributed by atoms with Gasteiger partial charge < -0.3 is 47.8 Å². The molecule has 4 unspecified atom stereocenters. The number of esters is 3. The van der Waals surface area contributed by atoms with Gasteiger partial charge in [-0.1, -0.05) is 53.7 Å². The highest BCUT2D eigenvalue weighted by Crippen LogP contribution is 2.70. The Morgan fingerprint density at radius 1 is 0.675 bits per heavy atom. The molecular formula is C64H74IN3O15. The summed E-state index contributed by atoms with van der Waals surface area (Å²) in [7, 11) is 0. The number of aliphatic hydroxyl groups is 3. The number of rotatable bonds is 8. The third-order valence-corrected chi connectivity index (χ3v) is 20.9. The fraction of sp³-hybridized carbons (Fsp3) is 0.531. The van der Waals surface area contributed by atoms with E-state index in [4.69, 9.17) is 32.5 Å². The summed E-state index contributed by atoms with van der Waals surface area (Å²) >= 11 is 0. The first kappa shape index (κ1) is 61.1. The van der Waals surface area contributed by atoms with Crippen molar-refractivity contribution >= 4 is 41.9 Å². The number of ether oxygens (including phenoxy) is 5. The molecule has 0 bridgehead atoms. The summed E-state index contributed by atoms with van der Waals surface area (Å²) < 4.78 is 42.0. The van der Waals surface area contributed by atoms with Crippen molar-refractivity contribution in [3.8, 4) is 40.2 Å². The van der Waals surface area contributed by atoms with Gasteiger partial charge in [-0.2, -0.15) is 5.26 Å². The lowest BCUT2D eigenvalue weighted by Gasteiger charge is -2.66. The van der Waals surface area contributed by atoms with Crippen LogP contribution in [0.1, 0.15) is 147 Å². The van der Waals surface area contributed by atoms with Gasteiger partial charge in [0.25, 0.3) is 0 Å². The van der Waals surface area contributed by atoms with Crippen LogP contribution in [0, 0.1) is 68.5 Å². The molecule has 5 aromatic rings. The number of benzene rings is 1. The lowest BCUT2D eigenvalue weighted by molar-refractivity contribution is -0.257. The Hall–Kier alpha value is -6.47. The summed E-state index contributed by atoms with van der Waals surface area (Å²) in [4.78, 5) is 72.5. The average Bonchev–Trinajstić information content (AvgIpc) is 1.04. The van der Waals surface area contributed by atoms with Crippen LogP contribution in [0.15, 0.2) is 104 Å². The Balaban J connectivity index is 0.000000203. The Morgan fingerprint density at radius 2 is 1.13 bits per heavy atom. The molecule has 6 heterocycles. The van der Waals surface area contributed by atoms with Gasteiger partial charge in [0.2, 0.25) is 0 Å². The number of hydrogen-bond donors (Lipinski definition) is 3. The maximum atomic E-state index is 13.8. The summed E-state index contributed by atoms with van der Waals surface area (Å²) in [6.07, 6.45) is 5.96. The summed E-state index contributed by atoms with van der Waals surface area (Å²) in [5.41, 5.74) is -4.31. The van der Waals surface area contributed by atoms with Crippen LogP contribution in [-0.2, 0) is 23.8 Å². The summed E-state index contributed by atoms with van der Waals surface area (Å²) in [6, 6.07) is 18.6. The zero-order valence-corrected chi connectivity index (χ0v) is 50.8. The molecule has 6 aliphatic rings. The van der Waals surface area contributed by atoms with E-state index < -0.39 is 92.3 Å². The van der Waals surface area contributed by atoms with Gasteiger partial charge >= 0.3 is 29.2 Å². The number of carbonyl (C=O) groups excluding carboxylic acids is 3. The topological polar surface area (TPSA) is 268 Å². The molecule has 0 radical (unpaired) electrons. The van der Waals surface area contributed by atoms with E-state index in [-0.39, 0.29) is 112 Å². The monoisotopic (exact) mass is 1250 g/mol. The molecule has 0 amide bonds. The van der Waals surface area contributed by atoms with Crippen molar-refractivity contribution < 1.29 is 62.2 Å². The van der Waals surface area contributed by atoms with E-state index in [1.54, 1.807) is 85.5 Å². The number of nitriles is 1. The summed E-state index contributed by atoms with van der Waals surface area (Å²) in [5.74, 6) is -1.73. The van der Waals surface area contributed by atoms with Crippen LogP contribution >= 0.6 is 24.0 Å². The van der Waals surface area contributed by atoms with Crippen molar-refractivity contribution in [2.45, 2.75) is 143 Å². The van der Waals surface area contributed by atoms with Gasteiger partial charge in [-0.25, -0.2) is 14.4 Å². The van der Waals surface area contributed by atoms with Crippen molar-refractivity contribution in [1.29, 1.82) is 5.26 Å².